The minimum absolute atomic E-state index is 0.00892. The highest BCUT2D eigenvalue weighted by atomic mass is 35.5. The van der Waals surface area contributed by atoms with Gasteiger partial charge in [-0.1, -0.05) is 38.4 Å². The second-order valence-electron chi connectivity index (χ2n) is 4.40. The molecule has 0 aliphatic heterocycles. The summed E-state index contributed by atoms with van der Waals surface area (Å²) in [4.78, 5) is 11.7. The van der Waals surface area contributed by atoms with Gasteiger partial charge in [0.1, 0.15) is 11.6 Å². The van der Waals surface area contributed by atoms with Crippen molar-refractivity contribution in [2.45, 2.75) is 27.2 Å². The van der Waals surface area contributed by atoms with Crippen LogP contribution in [0.1, 0.15) is 26.3 Å². The second kappa shape index (κ2) is 5.44. The van der Waals surface area contributed by atoms with Gasteiger partial charge in [0.2, 0.25) is 0 Å². The van der Waals surface area contributed by atoms with Gasteiger partial charge in [-0.25, -0.2) is 4.39 Å². The van der Waals surface area contributed by atoms with Gasteiger partial charge in [0, 0.05) is 16.9 Å². The van der Waals surface area contributed by atoms with Crippen LogP contribution in [-0.2, 0) is 11.2 Å². The first-order valence-electron chi connectivity index (χ1n) is 5.39. The van der Waals surface area contributed by atoms with Crippen molar-refractivity contribution in [1.29, 1.82) is 0 Å². The Morgan fingerprint density at radius 2 is 2.00 bits per heavy atom. The van der Waals surface area contributed by atoms with E-state index in [0.29, 0.717) is 17.0 Å². The Kier molecular flexibility index (Phi) is 4.48. The van der Waals surface area contributed by atoms with Crippen LogP contribution >= 0.6 is 11.6 Å². The van der Waals surface area contributed by atoms with E-state index in [2.05, 4.69) is 0 Å². The summed E-state index contributed by atoms with van der Waals surface area (Å²) >= 11 is 5.66. The molecule has 1 rings (SSSR count). The molecular formula is C13H16ClFO. The fourth-order valence-electron chi connectivity index (χ4n) is 1.69. The topological polar surface area (TPSA) is 17.1 Å². The summed E-state index contributed by atoms with van der Waals surface area (Å²) < 4.78 is 13.5. The van der Waals surface area contributed by atoms with Gasteiger partial charge in [-0.05, 0) is 24.1 Å². The molecular weight excluding hydrogens is 227 g/mol. The molecule has 0 aliphatic carbocycles. The van der Waals surface area contributed by atoms with Crippen LogP contribution in [0.5, 0.6) is 0 Å². The van der Waals surface area contributed by atoms with E-state index in [1.165, 1.54) is 6.07 Å². The van der Waals surface area contributed by atoms with Crippen LogP contribution in [0.4, 0.5) is 4.39 Å². The van der Waals surface area contributed by atoms with Crippen molar-refractivity contribution < 1.29 is 9.18 Å². The molecule has 1 nitrogen and oxygen atoms in total. The zero-order valence-corrected chi connectivity index (χ0v) is 10.5. The fourth-order valence-corrected chi connectivity index (χ4v) is 1.85. The van der Waals surface area contributed by atoms with Gasteiger partial charge in [-0.2, -0.15) is 0 Å². The third kappa shape index (κ3) is 3.31. The molecule has 0 heterocycles. The molecule has 0 spiro atoms. The van der Waals surface area contributed by atoms with Gasteiger partial charge in [0.15, 0.2) is 0 Å². The first-order chi connectivity index (χ1) is 7.41. The molecule has 1 atom stereocenters. The number of halogens is 2. The average molecular weight is 243 g/mol. The molecule has 0 bridgehead atoms. The monoisotopic (exact) mass is 242 g/mol. The van der Waals surface area contributed by atoms with Crippen molar-refractivity contribution in [2.75, 3.05) is 0 Å². The van der Waals surface area contributed by atoms with Gasteiger partial charge in [0.05, 0.1) is 0 Å². The Bertz CT molecular complexity index is 388. The normalized spacial score (nSPS) is 12.9. The molecule has 0 radical (unpaired) electrons. The standard InChI is InChI=1S/C13H16ClFO/c1-8(2)13(16)9(3)6-10-4-5-11(14)7-12(10)15/h4-5,7-9H,6H2,1-3H3. The summed E-state index contributed by atoms with van der Waals surface area (Å²) in [5.74, 6) is -0.341. The fraction of sp³-hybridized carbons (Fsp3) is 0.462. The molecule has 1 unspecified atom stereocenters. The highest BCUT2D eigenvalue weighted by molar-refractivity contribution is 6.30. The summed E-state index contributed by atoms with van der Waals surface area (Å²) in [5, 5.41) is 0.379. The van der Waals surface area contributed by atoms with Crippen molar-refractivity contribution in [3.05, 3.63) is 34.6 Å². The molecule has 0 saturated heterocycles. The summed E-state index contributed by atoms with van der Waals surface area (Å²) in [7, 11) is 0. The van der Waals surface area contributed by atoms with Crippen LogP contribution < -0.4 is 0 Å². The number of hydrogen-bond acceptors (Lipinski definition) is 1. The molecule has 0 aromatic heterocycles. The van der Waals surface area contributed by atoms with Crippen molar-refractivity contribution in [3.63, 3.8) is 0 Å². The Hall–Kier alpha value is -0.890. The molecule has 3 heteroatoms. The maximum absolute atomic E-state index is 13.5. The molecule has 0 amide bonds. The lowest BCUT2D eigenvalue weighted by atomic mass is 9.91. The van der Waals surface area contributed by atoms with Crippen molar-refractivity contribution >= 4 is 17.4 Å². The number of benzene rings is 1. The Balaban J connectivity index is 2.77. The minimum Gasteiger partial charge on any atom is -0.299 e. The molecule has 1 aromatic carbocycles. The molecule has 0 fully saturated rings. The van der Waals surface area contributed by atoms with Gasteiger partial charge < -0.3 is 0 Å². The largest absolute Gasteiger partial charge is 0.299 e. The van der Waals surface area contributed by atoms with Crippen LogP contribution in [0.2, 0.25) is 5.02 Å². The summed E-state index contributed by atoms with van der Waals surface area (Å²) in [6, 6.07) is 4.57. The lowest BCUT2D eigenvalue weighted by molar-refractivity contribution is -0.125. The van der Waals surface area contributed by atoms with E-state index in [-0.39, 0.29) is 23.4 Å². The lowest BCUT2D eigenvalue weighted by Crippen LogP contribution is -2.19. The number of rotatable bonds is 4. The number of carbonyl (C=O) groups is 1. The van der Waals surface area contributed by atoms with E-state index in [1.54, 1.807) is 12.1 Å². The number of ketones is 1. The Labute approximate surface area is 101 Å². The van der Waals surface area contributed by atoms with E-state index < -0.39 is 0 Å². The average Bonchev–Trinajstić information content (AvgIpc) is 2.20. The van der Waals surface area contributed by atoms with E-state index in [0.717, 1.165) is 0 Å². The molecule has 88 valence electrons. The number of carbonyl (C=O) groups excluding carboxylic acids is 1. The van der Waals surface area contributed by atoms with E-state index in [9.17, 15) is 9.18 Å². The van der Waals surface area contributed by atoms with Crippen molar-refractivity contribution in [2.24, 2.45) is 11.8 Å². The third-order valence-electron chi connectivity index (χ3n) is 2.60. The van der Waals surface area contributed by atoms with Crippen LogP contribution in [0.3, 0.4) is 0 Å². The molecule has 0 saturated carbocycles. The third-order valence-corrected chi connectivity index (χ3v) is 2.83. The van der Waals surface area contributed by atoms with Gasteiger partial charge in [0.25, 0.3) is 0 Å². The van der Waals surface area contributed by atoms with E-state index in [1.807, 2.05) is 20.8 Å². The van der Waals surface area contributed by atoms with Crippen molar-refractivity contribution in [3.8, 4) is 0 Å². The van der Waals surface area contributed by atoms with Crippen LogP contribution in [-0.4, -0.2) is 5.78 Å². The van der Waals surface area contributed by atoms with Gasteiger partial charge in [-0.3, -0.25) is 4.79 Å². The molecule has 1 aromatic rings. The summed E-state index contributed by atoms with van der Waals surface area (Å²) in [5.41, 5.74) is 0.547. The number of hydrogen-bond donors (Lipinski definition) is 0. The Morgan fingerprint density at radius 3 is 2.50 bits per heavy atom. The predicted octanol–water partition coefficient (Wildman–Crippen LogP) is 3.88. The van der Waals surface area contributed by atoms with Crippen LogP contribution in [0.15, 0.2) is 18.2 Å². The first-order valence-corrected chi connectivity index (χ1v) is 5.77. The Morgan fingerprint density at radius 1 is 1.38 bits per heavy atom. The number of Topliss-reactive ketones (excluding diaryl/α,β-unsaturated/α-hetero) is 1. The maximum Gasteiger partial charge on any atom is 0.138 e. The minimum atomic E-state index is -0.337. The molecule has 16 heavy (non-hydrogen) atoms. The first kappa shape index (κ1) is 13.2. The highest BCUT2D eigenvalue weighted by Gasteiger charge is 2.18. The molecule has 0 aliphatic rings. The maximum atomic E-state index is 13.5. The zero-order chi connectivity index (χ0) is 12.3. The van der Waals surface area contributed by atoms with Crippen molar-refractivity contribution in [1.82, 2.24) is 0 Å². The summed E-state index contributed by atoms with van der Waals surface area (Å²) in [6.45, 7) is 5.55. The SMILES string of the molecule is CC(C)C(=O)C(C)Cc1ccc(Cl)cc1F. The highest BCUT2D eigenvalue weighted by Crippen LogP contribution is 2.19. The second-order valence-corrected chi connectivity index (χ2v) is 4.83. The van der Waals surface area contributed by atoms with E-state index >= 15 is 0 Å². The smallest absolute Gasteiger partial charge is 0.138 e. The van der Waals surface area contributed by atoms with E-state index in [4.69, 9.17) is 11.6 Å². The predicted molar refractivity (Wildman–Crippen MR) is 64.1 cm³/mol. The summed E-state index contributed by atoms with van der Waals surface area (Å²) in [6.07, 6.45) is 0.431. The van der Waals surface area contributed by atoms with Crippen LogP contribution in [0.25, 0.3) is 0 Å². The zero-order valence-electron chi connectivity index (χ0n) is 9.76. The van der Waals surface area contributed by atoms with Gasteiger partial charge >= 0.3 is 0 Å². The van der Waals surface area contributed by atoms with Crippen LogP contribution in [0, 0.1) is 17.7 Å². The quantitative estimate of drug-likeness (QED) is 0.783. The van der Waals surface area contributed by atoms with Gasteiger partial charge in [-0.15, -0.1) is 0 Å². The molecule has 0 N–H and O–H groups in total. The lowest BCUT2D eigenvalue weighted by Gasteiger charge is -2.13.